The Hall–Kier alpha value is -4.33. The fourth-order valence-electron chi connectivity index (χ4n) is 4.70. The minimum Gasteiger partial charge on any atom is -0.319 e. The number of hydrogen-bond donors (Lipinski definition) is 1. The fraction of sp³-hybridized carbons (Fsp3) is 0.0303. The van der Waals surface area contributed by atoms with Gasteiger partial charge in [-0.1, -0.05) is 103 Å². The zero-order chi connectivity index (χ0) is 25.5. The highest BCUT2D eigenvalue weighted by molar-refractivity contribution is 7.95. The summed E-state index contributed by atoms with van der Waals surface area (Å²) < 4.78 is 0. The van der Waals surface area contributed by atoms with Crippen LogP contribution in [0.25, 0.3) is 0 Å². The number of anilines is 1. The molecule has 0 aromatic heterocycles. The van der Waals surface area contributed by atoms with Crippen molar-refractivity contribution >= 4 is 40.6 Å². The van der Waals surface area contributed by atoms with Crippen molar-refractivity contribution in [1.29, 1.82) is 0 Å². The van der Waals surface area contributed by atoms with Crippen molar-refractivity contribution in [3.63, 3.8) is 0 Å². The number of Topliss-reactive ketones (excluding diaryl/α,β-unsaturated/α-hetero) is 1. The van der Waals surface area contributed by atoms with E-state index in [-0.39, 0.29) is 0 Å². The summed E-state index contributed by atoms with van der Waals surface area (Å²) in [6, 6.07) is 48.3. The molecule has 5 aromatic carbocycles. The van der Waals surface area contributed by atoms with Crippen LogP contribution in [0.1, 0.15) is 15.9 Å². The molecule has 0 unspecified atom stereocenters. The van der Waals surface area contributed by atoms with Gasteiger partial charge in [-0.3, -0.25) is 9.59 Å². The Balaban J connectivity index is 1.61. The van der Waals surface area contributed by atoms with Crippen LogP contribution in [-0.2, 0) is 11.0 Å². The molecule has 0 aliphatic rings. The molecule has 0 fully saturated rings. The third-order valence-electron chi connectivity index (χ3n) is 6.51. The van der Waals surface area contributed by atoms with E-state index in [1.54, 1.807) is 24.3 Å². The van der Waals surface area contributed by atoms with Crippen LogP contribution in [0.5, 0.6) is 0 Å². The summed E-state index contributed by atoms with van der Waals surface area (Å²) in [6.07, 6.45) is 0.695. The van der Waals surface area contributed by atoms with Crippen LogP contribution >= 0.6 is 7.26 Å². The van der Waals surface area contributed by atoms with E-state index >= 15 is 0 Å². The Morgan fingerprint density at radius 3 is 1.41 bits per heavy atom. The summed E-state index contributed by atoms with van der Waals surface area (Å²) in [7, 11) is -2.16. The lowest BCUT2D eigenvalue weighted by Crippen LogP contribution is -2.33. The Morgan fingerprint density at radius 2 is 0.919 bits per heavy atom. The summed E-state index contributed by atoms with van der Waals surface area (Å²) in [6.45, 7) is 0. The maximum Gasteiger partial charge on any atom is 0.296 e. The van der Waals surface area contributed by atoms with Crippen molar-refractivity contribution < 1.29 is 9.59 Å². The normalized spacial score (nSPS) is 11.0. The molecule has 0 heterocycles. The first-order valence-electron chi connectivity index (χ1n) is 12.2. The topological polar surface area (TPSA) is 46.2 Å². The number of ketones is 1. The van der Waals surface area contributed by atoms with E-state index in [4.69, 9.17) is 0 Å². The summed E-state index contributed by atoms with van der Waals surface area (Å²) in [5.74, 6) is -1.19. The van der Waals surface area contributed by atoms with Crippen molar-refractivity contribution in [3.05, 3.63) is 157 Å². The van der Waals surface area contributed by atoms with Gasteiger partial charge < -0.3 is 5.32 Å². The van der Waals surface area contributed by atoms with Gasteiger partial charge in [-0.15, -0.1) is 0 Å². The Bertz CT molecular complexity index is 1390. The summed E-state index contributed by atoms with van der Waals surface area (Å²) in [5, 5.41) is 6.69. The molecule has 0 spiro atoms. The number of para-hydroxylation sites is 1. The Labute approximate surface area is 218 Å². The molecule has 0 radical (unpaired) electrons. The van der Waals surface area contributed by atoms with E-state index in [1.165, 1.54) is 15.9 Å². The lowest BCUT2D eigenvalue weighted by molar-refractivity contribution is -0.112. The molecule has 0 aliphatic carbocycles. The van der Waals surface area contributed by atoms with E-state index in [0.29, 0.717) is 17.4 Å². The molecular formula is C33H27NO2P+. The van der Waals surface area contributed by atoms with E-state index in [9.17, 15) is 9.59 Å². The monoisotopic (exact) mass is 500 g/mol. The van der Waals surface area contributed by atoms with Gasteiger partial charge in [-0.05, 0) is 42.5 Å². The first-order chi connectivity index (χ1) is 18.2. The molecule has 1 amide bonds. The zero-order valence-electron chi connectivity index (χ0n) is 20.3. The fourth-order valence-corrected chi connectivity index (χ4v) is 8.98. The molecule has 0 bridgehead atoms. The first-order valence-corrected chi connectivity index (χ1v) is 14.2. The number of nitrogens with one attached hydrogen (secondary N) is 1. The van der Waals surface area contributed by atoms with Gasteiger partial charge in [0.1, 0.15) is 29.3 Å². The lowest BCUT2D eigenvalue weighted by atomic mass is 10.1. The minimum absolute atomic E-state index is 0.372. The highest BCUT2D eigenvalue weighted by Crippen LogP contribution is 2.58. The Kier molecular flexibility index (Phi) is 7.35. The Morgan fingerprint density at radius 1 is 0.514 bits per heavy atom. The van der Waals surface area contributed by atoms with E-state index in [2.05, 4.69) is 78.1 Å². The molecular weight excluding hydrogens is 473 g/mol. The number of carbonyl (C=O) groups is 2. The van der Waals surface area contributed by atoms with Gasteiger partial charge >= 0.3 is 0 Å². The second-order valence-electron chi connectivity index (χ2n) is 8.78. The van der Waals surface area contributed by atoms with Gasteiger partial charge in [0.2, 0.25) is 0 Å². The molecule has 0 saturated heterocycles. The van der Waals surface area contributed by atoms with Crippen LogP contribution in [0, 0.1) is 0 Å². The highest BCUT2D eigenvalue weighted by Gasteiger charge is 2.45. The van der Waals surface area contributed by atoms with Crippen molar-refractivity contribution in [2.75, 3.05) is 5.32 Å². The predicted octanol–water partition coefficient (Wildman–Crippen LogP) is 6.00. The van der Waals surface area contributed by atoms with Crippen molar-refractivity contribution in [1.82, 2.24) is 0 Å². The molecule has 5 aromatic rings. The molecule has 180 valence electrons. The van der Waals surface area contributed by atoms with Gasteiger partial charge in [-0.25, -0.2) is 0 Å². The molecule has 4 heteroatoms. The summed E-state index contributed by atoms with van der Waals surface area (Å²) in [4.78, 5) is 25.8. The van der Waals surface area contributed by atoms with Crippen LogP contribution in [0.3, 0.4) is 0 Å². The van der Waals surface area contributed by atoms with Gasteiger partial charge in [0, 0.05) is 16.8 Å². The molecule has 1 N–H and O–H groups in total. The molecule has 0 aliphatic heterocycles. The average Bonchev–Trinajstić information content (AvgIpc) is 2.98. The van der Waals surface area contributed by atoms with Crippen LogP contribution in [-0.4, -0.2) is 11.7 Å². The average molecular weight is 501 g/mol. The zero-order valence-corrected chi connectivity index (χ0v) is 21.2. The van der Waals surface area contributed by atoms with Crippen molar-refractivity contribution in [3.8, 4) is 0 Å². The molecule has 0 saturated carbocycles. The number of amides is 1. The quantitative estimate of drug-likeness (QED) is 0.161. The maximum absolute atomic E-state index is 13.0. The molecule has 0 atom stereocenters. The van der Waals surface area contributed by atoms with Gasteiger partial charge in [0.05, 0.1) is 0 Å². The number of carbonyl (C=O) groups excluding carboxylic acids is 2. The molecule has 37 heavy (non-hydrogen) atoms. The van der Waals surface area contributed by atoms with Crippen LogP contribution in [0.4, 0.5) is 5.69 Å². The van der Waals surface area contributed by atoms with E-state index in [0.717, 1.165) is 5.56 Å². The molecule has 5 rings (SSSR count). The van der Waals surface area contributed by atoms with Crippen molar-refractivity contribution in [2.45, 2.75) is 6.16 Å². The largest absolute Gasteiger partial charge is 0.319 e. The van der Waals surface area contributed by atoms with Crippen molar-refractivity contribution in [2.24, 2.45) is 0 Å². The van der Waals surface area contributed by atoms with E-state index in [1.807, 2.05) is 48.5 Å². The second kappa shape index (κ2) is 11.2. The van der Waals surface area contributed by atoms with Crippen LogP contribution in [0.15, 0.2) is 146 Å². The standard InChI is InChI=1S/C33H26NO2P/c35-32(26-15-5-1-6-16-26)33(36)34-31-24-14-13-17-27(31)25-37(28-18-7-2-8-19-28,29-20-9-3-10-21-29)30-22-11-4-12-23-30/h1-24H,25H2/p+1. The number of benzene rings is 5. The molecule has 3 nitrogen and oxygen atoms in total. The minimum atomic E-state index is -2.16. The smallest absolute Gasteiger partial charge is 0.296 e. The van der Waals surface area contributed by atoms with Crippen LogP contribution < -0.4 is 21.2 Å². The number of rotatable bonds is 8. The third-order valence-corrected chi connectivity index (χ3v) is 10.9. The predicted molar refractivity (Wildman–Crippen MR) is 155 cm³/mol. The SMILES string of the molecule is O=C(Nc1ccccc1C[P+](c1ccccc1)(c1ccccc1)c1ccccc1)C(=O)c1ccccc1. The van der Waals surface area contributed by atoms with Gasteiger partial charge in [-0.2, -0.15) is 0 Å². The second-order valence-corrected chi connectivity index (χ2v) is 12.3. The van der Waals surface area contributed by atoms with Gasteiger partial charge in [0.15, 0.2) is 0 Å². The first kappa shape index (κ1) is 24.4. The third kappa shape index (κ3) is 5.14. The highest BCUT2D eigenvalue weighted by atomic mass is 31.2. The summed E-state index contributed by atoms with van der Waals surface area (Å²) >= 11 is 0. The van der Waals surface area contributed by atoms with E-state index < -0.39 is 19.0 Å². The van der Waals surface area contributed by atoms with Crippen LogP contribution in [0.2, 0.25) is 0 Å². The number of hydrogen-bond acceptors (Lipinski definition) is 2. The van der Waals surface area contributed by atoms with Gasteiger partial charge in [0.25, 0.3) is 11.7 Å². The lowest BCUT2D eigenvalue weighted by Gasteiger charge is -2.28. The summed E-state index contributed by atoms with van der Waals surface area (Å²) in [5.41, 5.74) is 2.02. The maximum atomic E-state index is 13.0.